The summed E-state index contributed by atoms with van der Waals surface area (Å²) in [5.41, 5.74) is -0.942. The number of aromatic nitrogens is 4. The zero-order valence-corrected chi connectivity index (χ0v) is 20.9. The van der Waals surface area contributed by atoms with Crippen molar-refractivity contribution in [1.29, 1.82) is 0 Å². The van der Waals surface area contributed by atoms with Crippen LogP contribution in [0.5, 0.6) is 5.75 Å². The Balaban J connectivity index is 1.35. The van der Waals surface area contributed by atoms with Gasteiger partial charge in [-0.1, -0.05) is 18.1 Å². The Labute approximate surface area is 224 Å². The fraction of sp³-hybridized carbons (Fsp3) is 0.179. The molecule has 40 heavy (non-hydrogen) atoms. The van der Waals surface area contributed by atoms with Gasteiger partial charge in [0.25, 0.3) is 0 Å². The van der Waals surface area contributed by atoms with Gasteiger partial charge in [-0.25, -0.2) is 31.6 Å². The summed E-state index contributed by atoms with van der Waals surface area (Å²) < 4.78 is 80.8. The van der Waals surface area contributed by atoms with E-state index in [4.69, 9.17) is 9.26 Å². The van der Waals surface area contributed by atoms with Crippen LogP contribution >= 0.6 is 0 Å². The number of hydrogen-bond acceptors (Lipinski definition) is 6. The lowest BCUT2D eigenvalue weighted by molar-refractivity contribution is -0.0181. The average molecular weight is 556 g/mol. The van der Waals surface area contributed by atoms with Crippen LogP contribution in [0, 0.1) is 29.1 Å². The van der Waals surface area contributed by atoms with Crippen molar-refractivity contribution in [3.8, 4) is 17.0 Å². The first-order valence-corrected chi connectivity index (χ1v) is 12.0. The molecule has 0 unspecified atom stereocenters. The van der Waals surface area contributed by atoms with E-state index in [1.54, 1.807) is 37.3 Å². The zero-order chi connectivity index (χ0) is 28.4. The van der Waals surface area contributed by atoms with Crippen LogP contribution < -0.4 is 4.74 Å². The van der Waals surface area contributed by atoms with Crippen LogP contribution in [0.25, 0.3) is 11.3 Å². The molecule has 7 nitrogen and oxygen atoms in total. The largest absolute Gasteiger partial charge is 0.489 e. The molecule has 0 radical (unpaired) electrons. The maximum atomic E-state index is 14.8. The third kappa shape index (κ3) is 5.43. The van der Waals surface area contributed by atoms with Crippen molar-refractivity contribution in [3.05, 3.63) is 119 Å². The van der Waals surface area contributed by atoms with Gasteiger partial charge in [0.2, 0.25) is 0 Å². The van der Waals surface area contributed by atoms with Crippen molar-refractivity contribution >= 4 is 0 Å². The molecule has 0 aliphatic heterocycles. The van der Waals surface area contributed by atoms with Crippen LogP contribution in [0.1, 0.15) is 29.7 Å². The summed E-state index contributed by atoms with van der Waals surface area (Å²) in [5, 5.41) is 19.8. The van der Waals surface area contributed by atoms with Crippen molar-refractivity contribution in [2.45, 2.75) is 31.6 Å². The molecule has 2 aromatic heterocycles. The van der Waals surface area contributed by atoms with E-state index < -0.39 is 40.6 Å². The number of hydrogen-bond donors (Lipinski definition) is 1. The standard InChI is InChI=1S/C28H21F5N4O3/c1-16(28(38,13-37-15-34-14-35-37)21-7-4-19(29)10-22(21)30)26-11-25(36-40-26)18-2-5-20(6-3-18)39-12-17-8-23(31)27(33)24(32)9-17/h2-11,14-16,38H,12-13H2,1H3/t16-,28+/m0/s1. The second kappa shape index (κ2) is 10.9. The summed E-state index contributed by atoms with van der Waals surface area (Å²) in [5.74, 6) is -6.15. The molecule has 0 aliphatic carbocycles. The first kappa shape index (κ1) is 27.0. The summed E-state index contributed by atoms with van der Waals surface area (Å²) in [4.78, 5) is 3.85. The highest BCUT2D eigenvalue weighted by atomic mass is 19.2. The fourth-order valence-electron chi connectivity index (χ4n) is 4.30. The van der Waals surface area contributed by atoms with Crippen molar-refractivity contribution in [1.82, 2.24) is 19.9 Å². The molecule has 0 amide bonds. The monoisotopic (exact) mass is 556 g/mol. The van der Waals surface area contributed by atoms with Crippen LogP contribution in [0.4, 0.5) is 22.0 Å². The Morgan fingerprint density at radius 2 is 1.68 bits per heavy atom. The van der Waals surface area contributed by atoms with E-state index in [1.165, 1.54) is 23.4 Å². The second-order valence-electron chi connectivity index (χ2n) is 9.16. The number of nitrogens with zero attached hydrogens (tertiary/aromatic N) is 4. The second-order valence-corrected chi connectivity index (χ2v) is 9.16. The van der Waals surface area contributed by atoms with Crippen LogP contribution in [-0.4, -0.2) is 25.0 Å². The Hall–Kier alpha value is -4.58. The third-order valence-corrected chi connectivity index (χ3v) is 6.54. The van der Waals surface area contributed by atoms with Crippen LogP contribution in [0.3, 0.4) is 0 Å². The predicted molar refractivity (Wildman–Crippen MR) is 131 cm³/mol. The van der Waals surface area contributed by atoms with Gasteiger partial charge >= 0.3 is 0 Å². The summed E-state index contributed by atoms with van der Waals surface area (Å²) in [6.07, 6.45) is 2.62. The highest BCUT2D eigenvalue weighted by Gasteiger charge is 2.42. The lowest BCUT2D eigenvalue weighted by Gasteiger charge is -2.33. The first-order valence-electron chi connectivity index (χ1n) is 12.0. The fourth-order valence-corrected chi connectivity index (χ4v) is 4.30. The van der Waals surface area contributed by atoms with Crippen LogP contribution in [0.2, 0.25) is 0 Å². The maximum absolute atomic E-state index is 14.8. The molecule has 0 saturated heterocycles. The lowest BCUT2D eigenvalue weighted by Crippen LogP contribution is -2.38. The van der Waals surface area contributed by atoms with Crippen molar-refractivity contribution in [2.24, 2.45) is 0 Å². The van der Waals surface area contributed by atoms with Crippen molar-refractivity contribution in [3.63, 3.8) is 0 Å². The molecule has 1 N–H and O–H groups in total. The molecule has 0 bridgehead atoms. The third-order valence-electron chi connectivity index (χ3n) is 6.54. The van der Waals surface area contributed by atoms with E-state index in [-0.39, 0.29) is 30.0 Å². The van der Waals surface area contributed by atoms with Gasteiger partial charge in [-0.05, 0) is 48.0 Å². The zero-order valence-electron chi connectivity index (χ0n) is 20.9. The lowest BCUT2D eigenvalue weighted by atomic mass is 9.80. The van der Waals surface area contributed by atoms with Crippen LogP contribution in [-0.2, 0) is 18.8 Å². The molecule has 0 spiro atoms. The number of rotatable bonds is 9. The van der Waals surface area contributed by atoms with Crippen molar-refractivity contribution in [2.75, 3.05) is 0 Å². The minimum absolute atomic E-state index is 0.117. The number of benzene rings is 3. The van der Waals surface area contributed by atoms with E-state index in [0.717, 1.165) is 18.2 Å². The molecule has 206 valence electrons. The van der Waals surface area contributed by atoms with Gasteiger partial charge in [0.15, 0.2) is 17.5 Å². The molecule has 3 aromatic carbocycles. The average Bonchev–Trinajstić information content (AvgIpc) is 3.63. The molecule has 2 heterocycles. The Bertz CT molecular complexity index is 1600. The minimum atomic E-state index is -1.92. The predicted octanol–water partition coefficient (Wildman–Crippen LogP) is 5.90. The summed E-state index contributed by atoms with van der Waals surface area (Å²) >= 11 is 0. The number of ether oxygens (including phenoxy) is 1. The van der Waals surface area contributed by atoms with Crippen LogP contribution in [0.15, 0.2) is 77.8 Å². The van der Waals surface area contributed by atoms with Gasteiger partial charge in [0.1, 0.15) is 53.7 Å². The molecular formula is C28H21F5N4O3. The van der Waals surface area contributed by atoms with Gasteiger partial charge in [-0.3, -0.25) is 0 Å². The van der Waals surface area contributed by atoms with Gasteiger partial charge in [0.05, 0.1) is 12.5 Å². The Morgan fingerprint density at radius 3 is 2.33 bits per heavy atom. The molecule has 0 fully saturated rings. The SMILES string of the molecule is C[C@@H](c1cc(-c2ccc(OCc3cc(F)c(F)c(F)c3)cc2)no1)[C@](O)(Cn1cncn1)c1ccc(F)cc1F. The molecule has 12 heteroatoms. The highest BCUT2D eigenvalue weighted by molar-refractivity contribution is 5.60. The van der Waals surface area contributed by atoms with Gasteiger partial charge in [0, 0.05) is 23.3 Å². The minimum Gasteiger partial charge on any atom is -0.489 e. The normalized spacial score (nSPS) is 13.7. The summed E-state index contributed by atoms with van der Waals surface area (Å²) in [6.45, 7) is 1.21. The molecule has 0 aliphatic rings. The van der Waals surface area contributed by atoms with E-state index in [9.17, 15) is 27.1 Å². The summed E-state index contributed by atoms with van der Waals surface area (Å²) in [6, 6.07) is 12.7. The van der Waals surface area contributed by atoms with Gasteiger partial charge in [-0.2, -0.15) is 5.10 Å². The molecule has 5 rings (SSSR count). The molecule has 2 atom stereocenters. The van der Waals surface area contributed by atoms with Crippen molar-refractivity contribution < 1.29 is 36.3 Å². The Kier molecular flexibility index (Phi) is 7.35. The van der Waals surface area contributed by atoms with E-state index in [2.05, 4.69) is 15.2 Å². The topological polar surface area (TPSA) is 86.2 Å². The Morgan fingerprint density at radius 1 is 0.950 bits per heavy atom. The highest BCUT2D eigenvalue weighted by Crippen LogP contribution is 2.40. The van der Waals surface area contributed by atoms with E-state index >= 15 is 0 Å². The van der Waals surface area contributed by atoms with Gasteiger partial charge in [-0.15, -0.1) is 0 Å². The number of aliphatic hydroxyl groups is 1. The number of halogens is 5. The quantitative estimate of drug-likeness (QED) is 0.180. The molecular weight excluding hydrogens is 535 g/mol. The van der Waals surface area contributed by atoms with Gasteiger partial charge < -0.3 is 14.4 Å². The smallest absolute Gasteiger partial charge is 0.194 e. The molecule has 0 saturated carbocycles. The maximum Gasteiger partial charge on any atom is 0.194 e. The first-order chi connectivity index (χ1) is 19.1. The van der Waals surface area contributed by atoms with E-state index in [1.807, 2.05) is 0 Å². The summed E-state index contributed by atoms with van der Waals surface area (Å²) in [7, 11) is 0. The van der Waals surface area contributed by atoms with E-state index in [0.29, 0.717) is 23.1 Å². The molecule has 5 aromatic rings.